The molecule has 1 aromatic rings. The summed E-state index contributed by atoms with van der Waals surface area (Å²) in [5, 5.41) is 8.96. The van der Waals surface area contributed by atoms with Crippen molar-refractivity contribution < 1.29 is 27.2 Å². The second-order valence-electron chi connectivity index (χ2n) is 4.44. The van der Waals surface area contributed by atoms with Crippen molar-refractivity contribution in [2.45, 2.75) is 6.10 Å². The van der Waals surface area contributed by atoms with E-state index in [0.717, 1.165) is 11.8 Å². The summed E-state index contributed by atoms with van der Waals surface area (Å²) in [5.74, 6) is 0.210. The molecule has 0 aromatic heterocycles. The van der Waals surface area contributed by atoms with Crippen molar-refractivity contribution in [2.24, 2.45) is 0 Å². The van der Waals surface area contributed by atoms with Gasteiger partial charge in [-0.1, -0.05) is 12.1 Å². The number of hydrogen-bond acceptors (Lipinski definition) is 5. The molecule has 1 atom stereocenters. The van der Waals surface area contributed by atoms with E-state index in [-0.39, 0.29) is 18.4 Å². The number of morpholine rings is 1. The fourth-order valence-electron chi connectivity index (χ4n) is 1.94. The van der Waals surface area contributed by atoms with Crippen LogP contribution in [-0.4, -0.2) is 50.5 Å². The Balaban J connectivity index is 2.08. The number of carboxylic acid groups (broad SMARTS) is 1. The van der Waals surface area contributed by atoms with Crippen molar-refractivity contribution in [1.29, 1.82) is 0 Å². The third kappa shape index (κ3) is 3.84. The average Bonchev–Trinajstić information content (AvgIpc) is 2.38. The van der Waals surface area contributed by atoms with Crippen LogP contribution in [0.15, 0.2) is 24.3 Å². The van der Waals surface area contributed by atoms with Gasteiger partial charge in [-0.15, -0.1) is 0 Å². The van der Waals surface area contributed by atoms with Crippen LogP contribution in [0, 0.1) is 0 Å². The van der Waals surface area contributed by atoms with E-state index >= 15 is 0 Å². The van der Waals surface area contributed by atoms with Crippen LogP contribution in [0.4, 0.5) is 4.79 Å². The summed E-state index contributed by atoms with van der Waals surface area (Å²) in [4.78, 5) is 12.2. The predicted molar refractivity (Wildman–Crippen MR) is 70.2 cm³/mol. The Morgan fingerprint density at radius 3 is 2.60 bits per heavy atom. The van der Waals surface area contributed by atoms with Crippen molar-refractivity contribution in [2.75, 3.05) is 26.0 Å². The molecule has 1 aliphatic rings. The largest absolute Gasteiger partial charge is 0.465 e. The first-order valence-electron chi connectivity index (χ1n) is 5.94. The van der Waals surface area contributed by atoms with Crippen LogP contribution < -0.4 is 4.18 Å². The third-order valence-electron chi connectivity index (χ3n) is 2.84. The lowest BCUT2D eigenvalue weighted by Crippen LogP contribution is -2.41. The lowest BCUT2D eigenvalue weighted by Gasteiger charge is -2.31. The minimum Gasteiger partial charge on any atom is -0.465 e. The van der Waals surface area contributed by atoms with Gasteiger partial charge in [0.2, 0.25) is 0 Å². The van der Waals surface area contributed by atoms with Crippen molar-refractivity contribution >= 4 is 16.2 Å². The molecule has 0 bridgehead atoms. The lowest BCUT2D eigenvalue weighted by atomic mass is 10.1. The smallest absolute Gasteiger partial charge is 0.407 e. The van der Waals surface area contributed by atoms with Gasteiger partial charge in [-0.2, -0.15) is 8.42 Å². The predicted octanol–water partition coefficient (Wildman–Crippen LogP) is 1.08. The van der Waals surface area contributed by atoms with E-state index in [2.05, 4.69) is 0 Å². The van der Waals surface area contributed by atoms with Gasteiger partial charge < -0.3 is 18.9 Å². The van der Waals surface area contributed by atoms with E-state index < -0.39 is 16.2 Å². The monoisotopic (exact) mass is 301 g/mol. The first-order chi connectivity index (χ1) is 9.35. The van der Waals surface area contributed by atoms with E-state index in [4.69, 9.17) is 14.0 Å². The van der Waals surface area contributed by atoms with Crippen molar-refractivity contribution in [3.8, 4) is 5.75 Å². The highest BCUT2D eigenvalue weighted by Gasteiger charge is 2.25. The van der Waals surface area contributed by atoms with Gasteiger partial charge in [0.05, 0.1) is 19.4 Å². The second-order valence-corrected chi connectivity index (χ2v) is 6.02. The number of hydrogen-bond donors (Lipinski definition) is 1. The first-order valence-corrected chi connectivity index (χ1v) is 7.76. The summed E-state index contributed by atoms with van der Waals surface area (Å²) in [6, 6.07) is 6.35. The summed E-state index contributed by atoms with van der Waals surface area (Å²) in [6.45, 7) is 0.932. The van der Waals surface area contributed by atoms with Crippen LogP contribution in [-0.2, 0) is 14.9 Å². The van der Waals surface area contributed by atoms with E-state index in [9.17, 15) is 13.2 Å². The van der Waals surface area contributed by atoms with Crippen LogP contribution in [0.25, 0.3) is 0 Å². The number of nitrogens with zero attached hydrogens (tertiary/aromatic N) is 1. The van der Waals surface area contributed by atoms with Gasteiger partial charge in [-0.3, -0.25) is 0 Å². The zero-order valence-electron chi connectivity index (χ0n) is 10.9. The van der Waals surface area contributed by atoms with Crippen molar-refractivity contribution in [3.63, 3.8) is 0 Å². The van der Waals surface area contributed by atoms with Gasteiger partial charge in [0.1, 0.15) is 11.9 Å². The molecular weight excluding hydrogens is 286 g/mol. The van der Waals surface area contributed by atoms with Crippen LogP contribution in [0.3, 0.4) is 0 Å². The number of carbonyl (C=O) groups is 1. The normalized spacial score (nSPS) is 19.6. The van der Waals surface area contributed by atoms with Crippen LogP contribution in [0.5, 0.6) is 5.75 Å². The molecule has 20 heavy (non-hydrogen) atoms. The standard InChI is InChI=1S/C12H15NO6S/c1-20(16,17)19-10-4-2-9(3-5-10)11-8-13(12(14)15)6-7-18-11/h2-5,11H,6-8H2,1H3,(H,14,15)/t11-/m1/s1. The molecule has 1 saturated heterocycles. The second kappa shape index (κ2) is 5.68. The molecule has 2 rings (SSSR count). The van der Waals surface area contributed by atoms with Gasteiger partial charge in [0, 0.05) is 6.54 Å². The Hall–Kier alpha value is -1.80. The number of amides is 1. The Labute approximate surface area is 116 Å². The topological polar surface area (TPSA) is 93.1 Å². The molecule has 110 valence electrons. The van der Waals surface area contributed by atoms with Gasteiger partial charge in [0.15, 0.2) is 0 Å². The number of benzene rings is 1. The van der Waals surface area contributed by atoms with Gasteiger partial charge in [-0.05, 0) is 17.7 Å². The molecule has 7 nitrogen and oxygen atoms in total. The van der Waals surface area contributed by atoms with Gasteiger partial charge in [-0.25, -0.2) is 4.79 Å². The maximum absolute atomic E-state index is 11.0. The highest BCUT2D eigenvalue weighted by atomic mass is 32.2. The lowest BCUT2D eigenvalue weighted by molar-refractivity contribution is -0.0232. The third-order valence-corrected chi connectivity index (χ3v) is 3.33. The molecular formula is C12H15NO6S. The van der Waals surface area contributed by atoms with E-state index in [1.54, 1.807) is 12.1 Å². The Bertz CT molecular complexity index is 582. The molecule has 1 N–H and O–H groups in total. The molecule has 1 aromatic carbocycles. The summed E-state index contributed by atoms with van der Waals surface area (Å²) < 4.78 is 32.2. The summed E-state index contributed by atoms with van der Waals surface area (Å²) >= 11 is 0. The summed E-state index contributed by atoms with van der Waals surface area (Å²) in [6.07, 6.45) is -0.363. The molecule has 0 spiro atoms. The SMILES string of the molecule is CS(=O)(=O)Oc1ccc([C@H]2CN(C(=O)O)CCO2)cc1. The van der Waals surface area contributed by atoms with Gasteiger partial charge in [0.25, 0.3) is 0 Å². The van der Waals surface area contributed by atoms with E-state index in [1.165, 1.54) is 17.0 Å². The van der Waals surface area contributed by atoms with Crippen molar-refractivity contribution in [1.82, 2.24) is 4.90 Å². The van der Waals surface area contributed by atoms with Gasteiger partial charge >= 0.3 is 16.2 Å². The number of rotatable bonds is 3. The zero-order chi connectivity index (χ0) is 14.8. The van der Waals surface area contributed by atoms with Crippen LogP contribution in [0.2, 0.25) is 0 Å². The van der Waals surface area contributed by atoms with Crippen LogP contribution in [0.1, 0.15) is 11.7 Å². The number of ether oxygens (including phenoxy) is 1. The molecule has 1 aliphatic heterocycles. The first kappa shape index (κ1) is 14.6. The molecule has 0 aliphatic carbocycles. The molecule has 0 radical (unpaired) electrons. The van der Waals surface area contributed by atoms with E-state index in [1.807, 2.05) is 0 Å². The Kier molecular flexibility index (Phi) is 4.15. The van der Waals surface area contributed by atoms with Crippen LogP contribution >= 0.6 is 0 Å². The summed E-state index contributed by atoms with van der Waals surface area (Å²) in [5.41, 5.74) is 0.775. The Morgan fingerprint density at radius 1 is 1.40 bits per heavy atom. The highest BCUT2D eigenvalue weighted by molar-refractivity contribution is 7.86. The molecule has 1 heterocycles. The molecule has 1 fully saturated rings. The fourth-order valence-corrected chi connectivity index (χ4v) is 2.40. The minimum absolute atomic E-state index is 0.210. The molecule has 0 unspecified atom stereocenters. The molecule has 1 amide bonds. The fraction of sp³-hybridized carbons (Fsp3) is 0.417. The Morgan fingerprint density at radius 2 is 2.05 bits per heavy atom. The zero-order valence-corrected chi connectivity index (χ0v) is 11.7. The summed E-state index contributed by atoms with van der Waals surface area (Å²) in [7, 11) is -3.55. The molecule has 8 heteroatoms. The quantitative estimate of drug-likeness (QED) is 0.840. The maximum atomic E-state index is 11.0. The average molecular weight is 301 g/mol. The van der Waals surface area contributed by atoms with E-state index in [0.29, 0.717) is 13.2 Å². The molecule has 0 saturated carbocycles. The maximum Gasteiger partial charge on any atom is 0.407 e. The highest BCUT2D eigenvalue weighted by Crippen LogP contribution is 2.24. The minimum atomic E-state index is -3.55. The van der Waals surface area contributed by atoms with Crippen molar-refractivity contribution in [3.05, 3.63) is 29.8 Å².